The van der Waals surface area contributed by atoms with Gasteiger partial charge in [0.05, 0.1) is 16.6 Å². The molecule has 0 N–H and O–H groups in total. The predicted molar refractivity (Wildman–Crippen MR) is 199 cm³/mol. The molecule has 0 bridgehead atoms. The van der Waals surface area contributed by atoms with E-state index < -0.39 is 23.7 Å². The van der Waals surface area contributed by atoms with Gasteiger partial charge in [0, 0.05) is 0 Å². The molecule has 1 aliphatic heterocycles. The first-order chi connectivity index (χ1) is 22.6. The Bertz CT molecular complexity index is 2050. The second kappa shape index (κ2) is 11.2. The summed E-state index contributed by atoms with van der Waals surface area (Å²) in [5.41, 5.74) is 13.8. The van der Waals surface area contributed by atoms with Gasteiger partial charge in [-0.3, -0.25) is 0 Å². The molecule has 0 aromatic heterocycles. The van der Waals surface area contributed by atoms with Crippen LogP contribution in [0.2, 0.25) is 0 Å². The zero-order valence-corrected chi connectivity index (χ0v) is 28.1. The molecule has 1 unspecified atom stereocenters. The Morgan fingerprint density at radius 3 is 1.79 bits per heavy atom. The summed E-state index contributed by atoms with van der Waals surface area (Å²) in [4.78, 5) is 0. The van der Waals surface area contributed by atoms with Gasteiger partial charge in [-0.1, -0.05) is 129 Å². The SMILES string of the molecule is C=CC1=C(C=C)C2(C(/C=C\C)=C(C=C)c3ccc(-c4cccc(-c5cccc(B6OC(C)(C)C(C)(C)O6)c5)c4)cc32)c2ccccc21. The summed E-state index contributed by atoms with van der Waals surface area (Å²) in [6, 6.07) is 32.9. The molecule has 1 saturated heterocycles. The van der Waals surface area contributed by atoms with E-state index >= 15 is 0 Å². The highest BCUT2D eigenvalue weighted by Crippen LogP contribution is 2.62. The van der Waals surface area contributed by atoms with Crippen molar-refractivity contribution >= 4 is 23.7 Å². The molecule has 2 aliphatic carbocycles. The minimum atomic E-state index is -0.516. The molecule has 232 valence electrons. The molecule has 0 radical (unpaired) electrons. The lowest BCUT2D eigenvalue weighted by Crippen LogP contribution is -2.41. The first kappa shape index (κ1) is 30.9. The van der Waals surface area contributed by atoms with E-state index in [0.29, 0.717) is 0 Å². The largest absolute Gasteiger partial charge is 0.494 e. The molecule has 4 aromatic carbocycles. The Hall–Kier alpha value is -4.70. The lowest BCUT2D eigenvalue weighted by atomic mass is 9.68. The summed E-state index contributed by atoms with van der Waals surface area (Å²) >= 11 is 0. The number of rotatable bonds is 7. The van der Waals surface area contributed by atoms with Gasteiger partial charge in [0.2, 0.25) is 0 Å². The predicted octanol–water partition coefficient (Wildman–Crippen LogP) is 10.3. The van der Waals surface area contributed by atoms with Gasteiger partial charge in [0.25, 0.3) is 0 Å². The average molecular weight is 613 g/mol. The van der Waals surface area contributed by atoms with Crippen LogP contribution in [0.15, 0.2) is 152 Å². The highest BCUT2D eigenvalue weighted by atomic mass is 16.7. The third-order valence-electron chi connectivity index (χ3n) is 10.6. The summed E-state index contributed by atoms with van der Waals surface area (Å²) in [5.74, 6) is 0. The van der Waals surface area contributed by atoms with Crippen molar-refractivity contribution in [2.24, 2.45) is 0 Å². The van der Waals surface area contributed by atoms with Crippen LogP contribution in [0.1, 0.15) is 56.9 Å². The maximum Gasteiger partial charge on any atom is 0.494 e. The van der Waals surface area contributed by atoms with E-state index in [2.05, 4.69) is 158 Å². The van der Waals surface area contributed by atoms with Crippen molar-refractivity contribution in [2.45, 2.75) is 51.2 Å². The van der Waals surface area contributed by atoms with Crippen molar-refractivity contribution in [2.75, 3.05) is 0 Å². The van der Waals surface area contributed by atoms with Crippen molar-refractivity contribution in [3.63, 3.8) is 0 Å². The van der Waals surface area contributed by atoms with Gasteiger partial charge in [-0.15, -0.1) is 0 Å². The monoisotopic (exact) mass is 612 g/mol. The van der Waals surface area contributed by atoms with Crippen LogP contribution in [0.4, 0.5) is 0 Å². The molecule has 2 nitrogen and oxygen atoms in total. The minimum absolute atomic E-state index is 0.390. The fourth-order valence-electron chi connectivity index (χ4n) is 7.69. The van der Waals surface area contributed by atoms with Crippen LogP contribution >= 0.6 is 0 Å². The lowest BCUT2D eigenvalue weighted by Gasteiger charge is -2.33. The molecule has 3 heteroatoms. The Balaban J connectivity index is 1.36. The average Bonchev–Trinajstić information content (AvgIpc) is 3.61. The fraction of sp³-hybridized carbons (Fsp3) is 0.182. The van der Waals surface area contributed by atoms with E-state index in [4.69, 9.17) is 9.31 Å². The van der Waals surface area contributed by atoms with Crippen LogP contribution < -0.4 is 5.46 Å². The fourth-order valence-corrected chi connectivity index (χ4v) is 7.69. The van der Waals surface area contributed by atoms with E-state index in [1.54, 1.807) is 0 Å². The van der Waals surface area contributed by atoms with E-state index in [1.807, 2.05) is 18.2 Å². The topological polar surface area (TPSA) is 18.5 Å². The van der Waals surface area contributed by atoms with E-state index in [0.717, 1.165) is 44.4 Å². The molecule has 1 spiro atoms. The second-order valence-corrected chi connectivity index (χ2v) is 13.6. The van der Waals surface area contributed by atoms with Crippen LogP contribution in [0.3, 0.4) is 0 Å². The Morgan fingerprint density at radius 1 is 0.574 bits per heavy atom. The highest BCUT2D eigenvalue weighted by molar-refractivity contribution is 6.62. The van der Waals surface area contributed by atoms with Gasteiger partial charge in [0.15, 0.2) is 0 Å². The van der Waals surface area contributed by atoms with Gasteiger partial charge < -0.3 is 9.31 Å². The molecule has 4 aromatic rings. The Morgan fingerprint density at radius 2 is 1.15 bits per heavy atom. The van der Waals surface area contributed by atoms with E-state index in [1.165, 1.54) is 27.8 Å². The van der Waals surface area contributed by atoms with Crippen molar-refractivity contribution in [3.8, 4) is 22.3 Å². The first-order valence-electron chi connectivity index (χ1n) is 16.4. The van der Waals surface area contributed by atoms with Crippen molar-refractivity contribution < 1.29 is 9.31 Å². The molecular formula is C44H41BO2. The molecular weight excluding hydrogens is 571 g/mol. The number of hydrogen-bond donors (Lipinski definition) is 0. The maximum absolute atomic E-state index is 6.37. The molecule has 1 heterocycles. The highest BCUT2D eigenvalue weighted by Gasteiger charge is 2.53. The first-order valence-corrected chi connectivity index (χ1v) is 16.4. The molecule has 47 heavy (non-hydrogen) atoms. The minimum Gasteiger partial charge on any atom is -0.399 e. The second-order valence-electron chi connectivity index (χ2n) is 13.6. The zero-order valence-electron chi connectivity index (χ0n) is 28.1. The molecule has 0 saturated carbocycles. The van der Waals surface area contributed by atoms with Crippen LogP contribution in [-0.4, -0.2) is 18.3 Å². The summed E-state index contributed by atoms with van der Waals surface area (Å²) in [6.45, 7) is 23.3. The Kier molecular flexibility index (Phi) is 7.39. The quantitative estimate of drug-likeness (QED) is 0.193. The third kappa shape index (κ3) is 4.48. The van der Waals surface area contributed by atoms with Crippen LogP contribution in [0, 0.1) is 0 Å². The van der Waals surface area contributed by atoms with Crippen LogP contribution in [0.5, 0.6) is 0 Å². The standard InChI is InChI=1S/C44H41BO2/c1-9-17-39-35(11-3)37-25-24-32(28-41(37)44(39)38(12-4)34(10-2)36-22-13-14-23-40(36)44)30-19-15-18-29(26-30)31-20-16-21-33(27-31)45-46-42(5,6)43(7,8)47-45/h9-28H,2-4H2,1,5-8H3/b17-9-. The van der Waals surface area contributed by atoms with Crippen LogP contribution in [-0.2, 0) is 14.7 Å². The van der Waals surface area contributed by atoms with Crippen LogP contribution in [0.25, 0.3) is 33.4 Å². The zero-order chi connectivity index (χ0) is 33.1. The van der Waals surface area contributed by atoms with Crippen molar-refractivity contribution in [1.29, 1.82) is 0 Å². The smallest absolute Gasteiger partial charge is 0.399 e. The number of benzene rings is 4. The molecule has 3 aliphatic rings. The normalized spacial score (nSPS) is 20.7. The van der Waals surface area contributed by atoms with Gasteiger partial charge in [0.1, 0.15) is 0 Å². The summed E-state index contributed by atoms with van der Waals surface area (Å²) in [5, 5.41) is 0. The number of allylic oxidation sites excluding steroid dienone is 9. The number of fused-ring (bicyclic) bond motifs is 4. The lowest BCUT2D eigenvalue weighted by molar-refractivity contribution is 0.00578. The van der Waals surface area contributed by atoms with E-state index in [-0.39, 0.29) is 0 Å². The van der Waals surface area contributed by atoms with E-state index in [9.17, 15) is 0 Å². The van der Waals surface area contributed by atoms with Crippen molar-refractivity contribution in [1.82, 2.24) is 0 Å². The Labute approximate surface area is 280 Å². The summed E-state index contributed by atoms with van der Waals surface area (Å²) in [7, 11) is -0.407. The van der Waals surface area contributed by atoms with Gasteiger partial charge >= 0.3 is 7.12 Å². The molecule has 1 atom stereocenters. The number of hydrogen-bond acceptors (Lipinski definition) is 2. The van der Waals surface area contributed by atoms with Gasteiger partial charge in [-0.25, -0.2) is 0 Å². The maximum atomic E-state index is 6.37. The summed E-state index contributed by atoms with van der Waals surface area (Å²) in [6.07, 6.45) is 10.4. The molecule has 7 rings (SSSR count). The van der Waals surface area contributed by atoms with Gasteiger partial charge in [-0.2, -0.15) is 0 Å². The third-order valence-corrected chi connectivity index (χ3v) is 10.6. The van der Waals surface area contributed by atoms with Crippen molar-refractivity contribution in [3.05, 3.63) is 175 Å². The van der Waals surface area contributed by atoms with Gasteiger partial charge in [-0.05, 0) is 119 Å². The molecule has 1 fully saturated rings. The molecule has 0 amide bonds. The summed E-state index contributed by atoms with van der Waals surface area (Å²) < 4.78 is 12.7.